The van der Waals surface area contributed by atoms with Gasteiger partial charge in [-0.2, -0.15) is 0 Å². The number of benzene rings is 2. The Kier molecular flexibility index (Phi) is 14.5. The van der Waals surface area contributed by atoms with Crippen LogP contribution in [0, 0.1) is 20.8 Å². The van der Waals surface area contributed by atoms with Crippen LogP contribution in [-0.2, 0) is 33.7 Å². The molecular weight excluding hydrogens is 519 g/mol. The van der Waals surface area contributed by atoms with Gasteiger partial charge in [0.1, 0.15) is 0 Å². The summed E-state index contributed by atoms with van der Waals surface area (Å²) in [6, 6.07) is 9.23. The first-order chi connectivity index (χ1) is 18.8. The van der Waals surface area contributed by atoms with Gasteiger partial charge < -0.3 is 5.53 Å². The first kappa shape index (κ1) is 33.2. The topological polar surface area (TPSA) is 25.3 Å². The van der Waals surface area contributed by atoms with Crippen LogP contribution in [0.5, 0.6) is 0 Å². The molecule has 1 aliphatic rings. The predicted molar refractivity (Wildman–Crippen MR) is 168 cm³/mol. The molecule has 0 atom stereocenters. The molecule has 0 amide bonds. The minimum absolute atomic E-state index is 0.911. The van der Waals surface area contributed by atoms with Crippen molar-refractivity contribution >= 4 is 11.4 Å². The van der Waals surface area contributed by atoms with Crippen molar-refractivity contribution in [3.05, 3.63) is 86.0 Å². The van der Waals surface area contributed by atoms with Gasteiger partial charge in [0.05, 0.1) is 0 Å². The molecule has 3 rings (SSSR count). The summed E-state index contributed by atoms with van der Waals surface area (Å²) in [5.74, 6) is 4.12. The zero-order valence-corrected chi connectivity index (χ0v) is 27.4. The standard InChI is InChI=1S/C34H48N2.2CH3.Ni/c1-8-12-13-14-18-29-23-33(30-19-24(5)26(7)25(6)20-30)36(35)34(29)31-21-27(15-9-2)32(17-11-4)28(22-31)16-10-3;;;/h19-23H,8-18H2,1-7H3;2*1H3;. The van der Waals surface area contributed by atoms with Crippen LogP contribution in [0.3, 0.4) is 0 Å². The molecule has 2 aromatic rings. The van der Waals surface area contributed by atoms with Crippen LogP contribution in [0.25, 0.3) is 16.9 Å². The summed E-state index contributed by atoms with van der Waals surface area (Å²) in [7, 11) is 0. The van der Waals surface area contributed by atoms with Gasteiger partial charge in [-0.05, 0) is 111 Å². The van der Waals surface area contributed by atoms with E-state index in [0.717, 1.165) is 61.9 Å². The fourth-order valence-electron chi connectivity index (χ4n) is 5.67. The van der Waals surface area contributed by atoms with Gasteiger partial charge >= 0.3 is 26.2 Å². The number of nitrogens with zero attached hydrogens (tertiary/aromatic N) is 2. The van der Waals surface area contributed by atoms with Gasteiger partial charge in [0.15, 0.2) is 0 Å². The summed E-state index contributed by atoms with van der Waals surface area (Å²) in [5, 5.41) is 0. The molecule has 0 unspecified atom stereocenters. The van der Waals surface area contributed by atoms with E-state index in [0.29, 0.717) is 0 Å². The predicted octanol–water partition coefficient (Wildman–Crippen LogP) is 11.4. The fourth-order valence-corrected chi connectivity index (χ4v) is 5.67. The van der Waals surface area contributed by atoms with E-state index in [1.165, 1.54) is 69.3 Å². The van der Waals surface area contributed by atoms with E-state index in [1.807, 2.05) is 0 Å². The molecule has 0 aromatic heterocycles. The molecular formula is C36H54N2Ni. The van der Waals surface area contributed by atoms with Crippen molar-refractivity contribution in [1.29, 1.82) is 0 Å². The summed E-state index contributed by atoms with van der Waals surface area (Å²) in [6.07, 6.45) is 15.0. The van der Waals surface area contributed by atoms with Crippen LogP contribution >= 0.6 is 0 Å². The molecule has 0 radical (unpaired) electrons. The third-order valence-corrected chi connectivity index (χ3v) is 7.82. The number of rotatable bonds is 13. The minimum atomic E-state index is 0.911. The molecule has 2 nitrogen and oxygen atoms in total. The summed E-state index contributed by atoms with van der Waals surface area (Å²) >= 11 is 1.62. The van der Waals surface area contributed by atoms with Gasteiger partial charge in [-0.1, -0.05) is 66.2 Å². The Morgan fingerprint density at radius 1 is 0.667 bits per heavy atom. The average molecular weight is 574 g/mol. The van der Waals surface area contributed by atoms with Crippen molar-refractivity contribution in [3.8, 4) is 0 Å². The van der Waals surface area contributed by atoms with Crippen molar-refractivity contribution in [2.45, 2.75) is 131 Å². The molecule has 0 bridgehead atoms. The van der Waals surface area contributed by atoms with Crippen LogP contribution in [0.2, 0.25) is 11.8 Å². The second-order valence-corrected chi connectivity index (χ2v) is 12.1. The Balaban J connectivity index is 0.00000170. The van der Waals surface area contributed by atoms with Crippen LogP contribution in [0.1, 0.15) is 124 Å². The Bertz CT molecular complexity index is 1120. The molecule has 0 N–H and O–H groups in total. The fraction of sp³-hybridized carbons (Fsp3) is 0.556. The van der Waals surface area contributed by atoms with E-state index in [2.05, 4.69) is 90.6 Å². The summed E-state index contributed by atoms with van der Waals surface area (Å²) in [4.78, 5) is 0. The van der Waals surface area contributed by atoms with E-state index in [-0.39, 0.29) is 0 Å². The van der Waals surface area contributed by atoms with Gasteiger partial charge in [0.2, 0.25) is 11.4 Å². The van der Waals surface area contributed by atoms with E-state index in [4.69, 9.17) is 0 Å². The second kappa shape index (κ2) is 17.0. The van der Waals surface area contributed by atoms with Crippen LogP contribution < -0.4 is 0 Å². The van der Waals surface area contributed by atoms with Crippen molar-refractivity contribution < 1.29 is 19.1 Å². The number of hydrogen-bond acceptors (Lipinski definition) is 0. The Morgan fingerprint density at radius 2 is 1.21 bits per heavy atom. The van der Waals surface area contributed by atoms with Crippen LogP contribution in [0.15, 0.2) is 35.9 Å². The third-order valence-electron chi connectivity index (χ3n) is 7.82. The maximum absolute atomic E-state index is 11.7. The molecule has 0 spiro atoms. The first-order valence-corrected chi connectivity index (χ1v) is 17.1. The average Bonchev–Trinajstić information content (AvgIpc) is 3.23. The van der Waals surface area contributed by atoms with Gasteiger partial charge in [0.25, 0.3) is 0 Å². The quantitative estimate of drug-likeness (QED) is 0.129. The molecule has 3 heteroatoms. The van der Waals surface area contributed by atoms with Gasteiger partial charge in [-0.15, -0.1) is 0 Å². The monoisotopic (exact) mass is 572 g/mol. The molecule has 0 fully saturated rings. The van der Waals surface area contributed by atoms with Crippen LogP contribution in [-0.4, -0.2) is 4.70 Å². The second-order valence-electron chi connectivity index (χ2n) is 11.1. The molecule has 39 heavy (non-hydrogen) atoms. The van der Waals surface area contributed by atoms with Gasteiger partial charge in [-0.3, -0.25) is 0 Å². The maximum atomic E-state index is 11.7. The van der Waals surface area contributed by atoms with Crippen molar-refractivity contribution in [1.82, 2.24) is 0 Å². The van der Waals surface area contributed by atoms with Crippen LogP contribution in [0.4, 0.5) is 0 Å². The van der Waals surface area contributed by atoms with E-state index < -0.39 is 0 Å². The molecule has 0 saturated heterocycles. The molecule has 0 saturated carbocycles. The number of aryl methyl sites for hydroxylation is 4. The van der Waals surface area contributed by atoms with E-state index in [1.54, 1.807) is 20.0 Å². The van der Waals surface area contributed by atoms with Gasteiger partial charge in [0, 0.05) is 22.8 Å². The zero-order valence-electron chi connectivity index (χ0n) is 26.4. The zero-order chi connectivity index (χ0) is 28.9. The third kappa shape index (κ3) is 8.75. The van der Waals surface area contributed by atoms with Gasteiger partial charge in [-0.25, -0.2) is 4.70 Å². The number of unbranched alkanes of at least 4 members (excludes halogenated alkanes) is 3. The van der Waals surface area contributed by atoms with Crippen molar-refractivity contribution in [3.63, 3.8) is 0 Å². The summed E-state index contributed by atoms with van der Waals surface area (Å²) in [6.45, 7) is 15.6. The normalized spacial score (nSPS) is 13.2. The SMILES string of the molecule is CCCCCCC1=C(c2cc(CCC)c(CCC)c(CCC)c2)[N+](=[N-])C(c2cc(C)c(C)c(C)c2)=C1.[CH3][Ni][CH3]. The van der Waals surface area contributed by atoms with Crippen molar-refractivity contribution in [2.75, 3.05) is 0 Å². The summed E-state index contributed by atoms with van der Waals surface area (Å²) in [5.41, 5.74) is 25.5. The number of allylic oxidation sites excluding steroid dienone is 2. The number of hydrogen-bond donors (Lipinski definition) is 0. The molecule has 1 aliphatic heterocycles. The summed E-state index contributed by atoms with van der Waals surface area (Å²) < 4.78 is 1.50. The Morgan fingerprint density at radius 3 is 1.69 bits per heavy atom. The van der Waals surface area contributed by atoms with E-state index in [9.17, 15) is 5.53 Å². The molecule has 1 heterocycles. The first-order valence-electron chi connectivity index (χ1n) is 15.2. The Hall–Kier alpha value is -1.99. The van der Waals surface area contributed by atoms with E-state index >= 15 is 0 Å². The van der Waals surface area contributed by atoms with Crippen molar-refractivity contribution in [2.24, 2.45) is 0 Å². The molecule has 218 valence electrons. The molecule has 2 aromatic carbocycles. The molecule has 0 aliphatic carbocycles. The Labute approximate surface area is 246 Å².